The molecular formula is C17H13ClN6. The van der Waals surface area contributed by atoms with Crippen molar-refractivity contribution in [1.29, 1.82) is 0 Å². The number of rotatable bonds is 3. The number of nitrogens with one attached hydrogen (secondary N) is 2. The minimum Gasteiger partial charge on any atom is -0.338 e. The third kappa shape index (κ3) is 2.68. The summed E-state index contributed by atoms with van der Waals surface area (Å²) in [7, 11) is 0. The van der Waals surface area contributed by atoms with E-state index in [-0.39, 0.29) is 0 Å². The van der Waals surface area contributed by atoms with Crippen LogP contribution in [-0.4, -0.2) is 26.4 Å². The predicted molar refractivity (Wildman–Crippen MR) is 96.6 cm³/mol. The zero-order valence-electron chi connectivity index (χ0n) is 12.8. The average Bonchev–Trinajstić information content (AvgIpc) is 2.94. The summed E-state index contributed by atoms with van der Waals surface area (Å²) in [4.78, 5) is 7.64. The largest absolute Gasteiger partial charge is 0.338 e. The van der Waals surface area contributed by atoms with Crippen molar-refractivity contribution in [2.24, 2.45) is 5.10 Å². The number of H-pyrrole nitrogens is 1. The van der Waals surface area contributed by atoms with Crippen LogP contribution in [0.1, 0.15) is 11.1 Å². The molecule has 24 heavy (non-hydrogen) atoms. The number of hydrogen-bond donors (Lipinski definition) is 2. The number of aromatic nitrogens is 4. The number of anilines is 1. The summed E-state index contributed by atoms with van der Waals surface area (Å²) in [6.07, 6.45) is 1.62. The number of fused-ring (bicyclic) bond motifs is 3. The van der Waals surface area contributed by atoms with Crippen molar-refractivity contribution in [3.05, 3.63) is 58.6 Å². The molecule has 4 rings (SSSR count). The van der Waals surface area contributed by atoms with Crippen LogP contribution < -0.4 is 5.43 Å². The van der Waals surface area contributed by atoms with Crippen molar-refractivity contribution in [2.45, 2.75) is 6.92 Å². The summed E-state index contributed by atoms with van der Waals surface area (Å²) in [5, 5.41) is 14.1. The van der Waals surface area contributed by atoms with Crippen LogP contribution in [0.25, 0.3) is 22.1 Å². The Morgan fingerprint density at radius 3 is 2.92 bits per heavy atom. The van der Waals surface area contributed by atoms with Gasteiger partial charge >= 0.3 is 0 Å². The zero-order chi connectivity index (χ0) is 16.5. The number of halogens is 1. The maximum absolute atomic E-state index is 6.07. The first-order valence-electron chi connectivity index (χ1n) is 7.37. The van der Waals surface area contributed by atoms with E-state index in [0.717, 1.165) is 27.5 Å². The van der Waals surface area contributed by atoms with Gasteiger partial charge in [-0.25, -0.2) is 5.43 Å². The molecule has 2 heterocycles. The van der Waals surface area contributed by atoms with Crippen molar-refractivity contribution in [3.63, 3.8) is 0 Å². The van der Waals surface area contributed by atoms with Crippen molar-refractivity contribution in [3.8, 4) is 0 Å². The second kappa shape index (κ2) is 5.90. The van der Waals surface area contributed by atoms with E-state index in [1.165, 1.54) is 0 Å². The standard InChI is InChI=1S/C17H13ClN6/c1-10-6-7-14-12(8-10)15-16(20-14)21-17(24-22-15)23-19-9-11-4-2-3-5-13(11)18/h2-9H,1H3,(H2,20,21,23,24)/b19-9-. The fourth-order valence-corrected chi connectivity index (χ4v) is 2.66. The molecule has 0 aliphatic heterocycles. The lowest BCUT2D eigenvalue weighted by Gasteiger charge is -1.98. The molecule has 0 saturated carbocycles. The van der Waals surface area contributed by atoms with E-state index < -0.39 is 0 Å². The highest BCUT2D eigenvalue weighted by Crippen LogP contribution is 2.23. The Hall–Kier alpha value is -2.99. The molecule has 0 saturated heterocycles. The van der Waals surface area contributed by atoms with Crippen molar-refractivity contribution in [1.82, 2.24) is 20.2 Å². The first-order valence-corrected chi connectivity index (χ1v) is 7.75. The van der Waals surface area contributed by atoms with Gasteiger partial charge in [-0.15, -0.1) is 10.2 Å². The van der Waals surface area contributed by atoms with Crippen LogP contribution in [0.4, 0.5) is 5.95 Å². The number of aromatic amines is 1. The third-order valence-corrected chi connectivity index (χ3v) is 3.99. The lowest BCUT2D eigenvalue weighted by Crippen LogP contribution is -1.99. The number of hydrazone groups is 1. The van der Waals surface area contributed by atoms with E-state index in [2.05, 4.69) is 36.8 Å². The molecule has 0 bridgehead atoms. The molecule has 2 aromatic carbocycles. The molecule has 4 aromatic rings. The average molecular weight is 337 g/mol. The Kier molecular flexibility index (Phi) is 3.59. The van der Waals surface area contributed by atoms with Gasteiger partial charge in [0.05, 0.1) is 6.21 Å². The molecule has 0 fully saturated rings. The molecule has 0 unspecified atom stereocenters. The quantitative estimate of drug-likeness (QED) is 0.439. The molecule has 0 amide bonds. The highest BCUT2D eigenvalue weighted by molar-refractivity contribution is 6.33. The maximum Gasteiger partial charge on any atom is 0.265 e. The van der Waals surface area contributed by atoms with Crippen LogP contribution >= 0.6 is 11.6 Å². The summed E-state index contributed by atoms with van der Waals surface area (Å²) in [6, 6.07) is 13.5. The number of benzene rings is 2. The molecule has 118 valence electrons. The zero-order valence-corrected chi connectivity index (χ0v) is 13.5. The normalized spacial score (nSPS) is 11.6. The molecular weight excluding hydrogens is 324 g/mol. The highest BCUT2D eigenvalue weighted by Gasteiger charge is 2.08. The van der Waals surface area contributed by atoms with E-state index in [1.807, 2.05) is 37.3 Å². The summed E-state index contributed by atoms with van der Waals surface area (Å²) < 4.78 is 0. The van der Waals surface area contributed by atoms with Crippen molar-refractivity contribution >= 4 is 45.8 Å². The Morgan fingerprint density at radius 2 is 2.04 bits per heavy atom. The van der Waals surface area contributed by atoms with E-state index in [0.29, 0.717) is 16.6 Å². The molecule has 2 N–H and O–H groups in total. The Balaban J connectivity index is 1.63. The molecule has 7 heteroatoms. The summed E-state index contributed by atoms with van der Waals surface area (Å²) >= 11 is 6.07. The predicted octanol–water partition coefficient (Wildman–Crippen LogP) is 3.91. The maximum atomic E-state index is 6.07. The van der Waals surface area contributed by atoms with Gasteiger partial charge in [0.15, 0.2) is 5.65 Å². The van der Waals surface area contributed by atoms with Gasteiger partial charge in [0.1, 0.15) is 5.52 Å². The minimum atomic E-state index is 0.314. The third-order valence-electron chi connectivity index (χ3n) is 3.64. The molecule has 2 aromatic heterocycles. The van der Waals surface area contributed by atoms with Gasteiger partial charge in [-0.2, -0.15) is 10.1 Å². The minimum absolute atomic E-state index is 0.314. The smallest absolute Gasteiger partial charge is 0.265 e. The summed E-state index contributed by atoms with van der Waals surface area (Å²) in [5.41, 5.74) is 7.14. The first kappa shape index (κ1) is 14.6. The molecule has 0 aliphatic rings. The van der Waals surface area contributed by atoms with Crippen LogP contribution in [0.3, 0.4) is 0 Å². The van der Waals surface area contributed by atoms with E-state index in [9.17, 15) is 0 Å². The number of nitrogens with zero attached hydrogens (tertiary/aromatic N) is 4. The second-order valence-electron chi connectivity index (χ2n) is 5.40. The van der Waals surface area contributed by atoms with Crippen LogP contribution in [0, 0.1) is 6.92 Å². The molecule has 0 radical (unpaired) electrons. The van der Waals surface area contributed by atoms with Gasteiger partial charge < -0.3 is 4.98 Å². The fourth-order valence-electron chi connectivity index (χ4n) is 2.47. The lowest BCUT2D eigenvalue weighted by molar-refractivity contribution is 1.01. The van der Waals surface area contributed by atoms with Crippen LogP contribution in [0.15, 0.2) is 47.6 Å². The topological polar surface area (TPSA) is 78.9 Å². The van der Waals surface area contributed by atoms with Gasteiger partial charge in [-0.05, 0) is 25.1 Å². The SMILES string of the molecule is Cc1ccc2[nH]c3nc(N/N=C\c4ccccc4Cl)nnc3c2c1. The van der Waals surface area contributed by atoms with E-state index in [4.69, 9.17) is 11.6 Å². The Morgan fingerprint density at radius 1 is 1.17 bits per heavy atom. The summed E-state index contributed by atoms with van der Waals surface area (Å²) in [6.45, 7) is 2.04. The van der Waals surface area contributed by atoms with Gasteiger partial charge in [-0.1, -0.05) is 41.4 Å². The monoisotopic (exact) mass is 336 g/mol. The molecule has 0 atom stereocenters. The lowest BCUT2D eigenvalue weighted by atomic mass is 10.2. The molecule has 6 nitrogen and oxygen atoms in total. The number of hydrogen-bond acceptors (Lipinski definition) is 5. The van der Waals surface area contributed by atoms with Crippen molar-refractivity contribution < 1.29 is 0 Å². The van der Waals surface area contributed by atoms with E-state index in [1.54, 1.807) is 12.3 Å². The molecule has 0 spiro atoms. The van der Waals surface area contributed by atoms with Crippen LogP contribution in [0.2, 0.25) is 5.02 Å². The van der Waals surface area contributed by atoms with Gasteiger partial charge in [0.2, 0.25) is 0 Å². The van der Waals surface area contributed by atoms with Crippen LogP contribution in [0.5, 0.6) is 0 Å². The Labute approximate surface area is 142 Å². The Bertz CT molecular complexity index is 1070. The van der Waals surface area contributed by atoms with Crippen molar-refractivity contribution in [2.75, 3.05) is 5.43 Å². The number of aryl methyl sites for hydroxylation is 1. The fraction of sp³-hybridized carbons (Fsp3) is 0.0588. The van der Waals surface area contributed by atoms with Gasteiger partial charge in [0, 0.05) is 21.5 Å². The summed E-state index contributed by atoms with van der Waals surface area (Å²) in [5.74, 6) is 0.314. The second-order valence-corrected chi connectivity index (χ2v) is 5.81. The first-order chi connectivity index (χ1) is 11.7. The highest BCUT2D eigenvalue weighted by atomic mass is 35.5. The van der Waals surface area contributed by atoms with Gasteiger partial charge in [0.25, 0.3) is 5.95 Å². The molecule has 0 aliphatic carbocycles. The van der Waals surface area contributed by atoms with E-state index >= 15 is 0 Å². The van der Waals surface area contributed by atoms with Crippen LogP contribution in [-0.2, 0) is 0 Å². The van der Waals surface area contributed by atoms with Gasteiger partial charge in [-0.3, -0.25) is 0 Å².